The van der Waals surface area contributed by atoms with Gasteiger partial charge in [-0.1, -0.05) is 18.2 Å². The normalized spacial score (nSPS) is 8.45. The van der Waals surface area contributed by atoms with Gasteiger partial charge < -0.3 is 24.5 Å². The average molecular weight is 306 g/mol. The van der Waals surface area contributed by atoms with Crippen LogP contribution in [0, 0.1) is 0 Å². The van der Waals surface area contributed by atoms with Gasteiger partial charge in [0.05, 0.1) is 19.8 Å². The first-order valence-corrected chi connectivity index (χ1v) is 6.06. The Morgan fingerprint density at radius 1 is 0.909 bits per heavy atom. The minimum Gasteiger partial charge on any atom is -0.504 e. The molecule has 0 bridgehead atoms. The Hall–Kier alpha value is -3.02. The molecule has 0 heterocycles. The summed E-state index contributed by atoms with van der Waals surface area (Å²) in [6.07, 6.45) is 0.581. The van der Waals surface area contributed by atoms with E-state index in [0.29, 0.717) is 17.8 Å². The summed E-state index contributed by atoms with van der Waals surface area (Å²) in [6.45, 7) is 2.00. The van der Waals surface area contributed by atoms with Crippen molar-refractivity contribution in [2.45, 2.75) is 0 Å². The maximum absolute atomic E-state index is 10.3. The van der Waals surface area contributed by atoms with E-state index in [1.165, 1.54) is 20.3 Å². The lowest BCUT2D eigenvalue weighted by Gasteiger charge is -2.02. The molecule has 0 saturated heterocycles. The molecule has 2 aromatic carbocycles. The van der Waals surface area contributed by atoms with Crippen molar-refractivity contribution in [3.63, 3.8) is 0 Å². The summed E-state index contributed by atoms with van der Waals surface area (Å²) in [5.41, 5.74) is 0.240. The number of aromatic hydroxyl groups is 2. The Bertz CT molecular complexity index is 583. The number of carbonyl (C=O) groups is 2. The molecule has 0 spiro atoms. The van der Waals surface area contributed by atoms with Gasteiger partial charge in [0, 0.05) is 0 Å². The number of benzene rings is 2. The lowest BCUT2D eigenvalue weighted by atomic mass is 10.2. The van der Waals surface area contributed by atoms with Crippen LogP contribution < -0.4 is 9.47 Å². The van der Waals surface area contributed by atoms with Gasteiger partial charge in [-0.2, -0.15) is 0 Å². The largest absolute Gasteiger partial charge is 0.504 e. The number of phenolic OH excluding ortho intramolecular Hbond substituents is 2. The minimum atomic E-state index is -0.106. The van der Waals surface area contributed by atoms with Crippen LogP contribution in [-0.2, 0) is 4.79 Å². The van der Waals surface area contributed by atoms with Crippen molar-refractivity contribution < 1.29 is 29.3 Å². The van der Waals surface area contributed by atoms with E-state index < -0.39 is 0 Å². The molecule has 6 heteroatoms. The van der Waals surface area contributed by atoms with Crippen molar-refractivity contribution in [2.75, 3.05) is 14.2 Å². The van der Waals surface area contributed by atoms with Crippen LogP contribution >= 0.6 is 0 Å². The van der Waals surface area contributed by atoms with Gasteiger partial charge in [-0.25, -0.2) is 0 Å². The molecule has 0 aliphatic rings. The van der Waals surface area contributed by atoms with E-state index in [9.17, 15) is 9.90 Å². The molecule has 0 aliphatic carbocycles. The van der Waals surface area contributed by atoms with Crippen molar-refractivity contribution in [1.82, 2.24) is 0 Å². The average Bonchev–Trinajstić information content (AvgIpc) is 2.58. The maximum Gasteiger partial charge on any atom is 0.168 e. The molecule has 22 heavy (non-hydrogen) atoms. The smallest absolute Gasteiger partial charge is 0.168 e. The molecule has 0 saturated carbocycles. The zero-order chi connectivity index (χ0) is 17.0. The van der Waals surface area contributed by atoms with Crippen molar-refractivity contribution >= 4 is 13.1 Å². The standard InChI is InChI=1S/C8H8O3.C7H8O2.CH2O/c1-11-7-4-2-3-6(5-9)8(7)10;1-9-7-5-3-2-4-6(7)8;1-2/h2-5,10H,1H3;2-5,8H,1H3;1H2. The molecule has 0 unspecified atom stereocenters. The molecule has 0 fully saturated rings. The Morgan fingerprint density at radius 2 is 1.45 bits per heavy atom. The second-order valence-electron chi connectivity index (χ2n) is 3.69. The third kappa shape index (κ3) is 5.54. The van der Waals surface area contributed by atoms with Crippen LogP contribution in [0.1, 0.15) is 10.4 Å². The molecule has 2 rings (SSSR count). The molecule has 0 radical (unpaired) electrons. The van der Waals surface area contributed by atoms with Gasteiger partial charge in [-0.15, -0.1) is 0 Å². The Morgan fingerprint density at radius 3 is 1.91 bits per heavy atom. The zero-order valence-electron chi connectivity index (χ0n) is 12.4. The first-order chi connectivity index (χ1) is 10.6. The summed E-state index contributed by atoms with van der Waals surface area (Å²) < 4.78 is 9.57. The number of methoxy groups -OCH3 is 2. The van der Waals surface area contributed by atoms with Crippen LogP contribution in [0.2, 0.25) is 0 Å². The van der Waals surface area contributed by atoms with E-state index in [0.717, 1.165) is 0 Å². The molecule has 2 N–H and O–H groups in total. The Balaban J connectivity index is 0.000000366. The van der Waals surface area contributed by atoms with Crippen molar-refractivity contribution in [3.8, 4) is 23.0 Å². The monoisotopic (exact) mass is 306 g/mol. The van der Waals surface area contributed by atoms with E-state index in [1.807, 2.05) is 6.79 Å². The van der Waals surface area contributed by atoms with Gasteiger partial charge in [0.15, 0.2) is 29.3 Å². The molecular weight excluding hydrogens is 288 g/mol. The summed E-state index contributed by atoms with van der Waals surface area (Å²) in [6, 6.07) is 11.6. The topological polar surface area (TPSA) is 93.1 Å². The van der Waals surface area contributed by atoms with Crippen molar-refractivity contribution in [3.05, 3.63) is 48.0 Å². The number of rotatable bonds is 3. The van der Waals surface area contributed by atoms with Gasteiger partial charge in [-0.05, 0) is 24.3 Å². The summed E-state index contributed by atoms with van der Waals surface area (Å²) in [7, 11) is 2.96. The quantitative estimate of drug-likeness (QED) is 0.846. The van der Waals surface area contributed by atoms with Gasteiger partial charge in [0.1, 0.15) is 6.79 Å². The molecule has 0 atom stereocenters. The predicted molar refractivity (Wildman–Crippen MR) is 81.8 cm³/mol. The van der Waals surface area contributed by atoms with Gasteiger partial charge in [-0.3, -0.25) is 4.79 Å². The maximum atomic E-state index is 10.3. The van der Waals surface area contributed by atoms with Crippen LogP contribution in [0.25, 0.3) is 0 Å². The molecular formula is C16H18O6. The molecule has 6 nitrogen and oxygen atoms in total. The molecule has 0 aliphatic heterocycles. The number of hydrogen-bond acceptors (Lipinski definition) is 6. The lowest BCUT2D eigenvalue weighted by Crippen LogP contribution is -1.86. The third-order valence-corrected chi connectivity index (χ3v) is 2.46. The molecule has 2 aromatic rings. The van der Waals surface area contributed by atoms with Gasteiger partial charge in [0.2, 0.25) is 0 Å². The second-order valence-corrected chi connectivity index (χ2v) is 3.69. The lowest BCUT2D eigenvalue weighted by molar-refractivity contribution is -0.0980. The number of hydrogen-bond donors (Lipinski definition) is 2. The first-order valence-electron chi connectivity index (χ1n) is 6.06. The fourth-order valence-electron chi connectivity index (χ4n) is 1.43. The number of para-hydroxylation sites is 3. The highest BCUT2D eigenvalue weighted by Gasteiger charge is 2.04. The van der Waals surface area contributed by atoms with E-state index >= 15 is 0 Å². The fourth-order valence-corrected chi connectivity index (χ4v) is 1.43. The van der Waals surface area contributed by atoms with Crippen LogP contribution in [-0.4, -0.2) is 37.5 Å². The van der Waals surface area contributed by atoms with Crippen LogP contribution in [0.3, 0.4) is 0 Å². The third-order valence-electron chi connectivity index (χ3n) is 2.46. The summed E-state index contributed by atoms with van der Waals surface area (Å²) in [5.74, 6) is 0.900. The fraction of sp³-hybridized carbons (Fsp3) is 0.125. The zero-order valence-corrected chi connectivity index (χ0v) is 12.4. The summed E-state index contributed by atoms with van der Waals surface area (Å²) in [5, 5.41) is 18.2. The van der Waals surface area contributed by atoms with E-state index in [2.05, 4.69) is 0 Å². The minimum absolute atomic E-state index is 0.106. The highest BCUT2D eigenvalue weighted by molar-refractivity contribution is 5.80. The SMILES string of the molecule is C=O.COc1cccc(C=O)c1O.COc1ccccc1O. The molecule has 118 valence electrons. The van der Waals surface area contributed by atoms with E-state index in [4.69, 9.17) is 19.4 Å². The highest BCUT2D eigenvalue weighted by atomic mass is 16.5. The van der Waals surface area contributed by atoms with E-state index in [1.54, 1.807) is 36.4 Å². The van der Waals surface area contributed by atoms with Crippen LogP contribution in [0.4, 0.5) is 0 Å². The molecule has 0 amide bonds. The van der Waals surface area contributed by atoms with E-state index in [-0.39, 0.29) is 17.1 Å². The Kier molecular flexibility index (Phi) is 9.26. The predicted octanol–water partition coefficient (Wildman–Crippen LogP) is 2.43. The summed E-state index contributed by atoms with van der Waals surface area (Å²) in [4.78, 5) is 18.3. The van der Waals surface area contributed by atoms with Crippen molar-refractivity contribution in [2.24, 2.45) is 0 Å². The van der Waals surface area contributed by atoms with Crippen LogP contribution in [0.15, 0.2) is 42.5 Å². The first kappa shape index (κ1) is 19.0. The number of ether oxygens (including phenoxy) is 2. The Labute approximate surface area is 128 Å². The van der Waals surface area contributed by atoms with Gasteiger partial charge >= 0.3 is 0 Å². The van der Waals surface area contributed by atoms with Gasteiger partial charge in [0.25, 0.3) is 0 Å². The number of phenols is 2. The number of carbonyl (C=O) groups excluding carboxylic acids is 2. The second kappa shape index (κ2) is 10.7. The van der Waals surface area contributed by atoms with Crippen LogP contribution in [0.5, 0.6) is 23.0 Å². The highest BCUT2D eigenvalue weighted by Crippen LogP contribution is 2.27. The molecule has 0 aromatic heterocycles. The number of aldehydes is 1. The van der Waals surface area contributed by atoms with Crippen molar-refractivity contribution in [1.29, 1.82) is 0 Å². The summed E-state index contributed by atoms with van der Waals surface area (Å²) >= 11 is 0.